The van der Waals surface area contributed by atoms with Crippen LogP contribution in [0, 0.1) is 5.92 Å². The molecule has 1 aliphatic heterocycles. The van der Waals surface area contributed by atoms with E-state index in [0.29, 0.717) is 0 Å². The number of carboxylic acids is 1. The van der Waals surface area contributed by atoms with Gasteiger partial charge in [-0.05, 0) is 23.8 Å². The highest BCUT2D eigenvalue weighted by atomic mass is 32.1. The fourth-order valence-electron chi connectivity index (χ4n) is 2.97. The number of para-hydroxylation sites is 1. The van der Waals surface area contributed by atoms with Gasteiger partial charge in [0.25, 0.3) is 0 Å². The molecule has 2 N–H and O–H groups in total. The van der Waals surface area contributed by atoms with Crippen LogP contribution in [-0.4, -0.2) is 69.1 Å². The van der Waals surface area contributed by atoms with Crippen molar-refractivity contribution in [2.45, 2.75) is 12.5 Å². The molecule has 3 rings (SSSR count). The summed E-state index contributed by atoms with van der Waals surface area (Å²) in [5.41, 5.74) is 1.70. The van der Waals surface area contributed by atoms with E-state index in [-0.39, 0.29) is 11.5 Å². The van der Waals surface area contributed by atoms with E-state index in [1.54, 1.807) is 6.20 Å². The van der Waals surface area contributed by atoms with Crippen LogP contribution in [0.1, 0.15) is 5.56 Å². The van der Waals surface area contributed by atoms with Crippen LogP contribution in [0.2, 0.25) is 0 Å². The first-order chi connectivity index (χ1) is 12.8. The van der Waals surface area contributed by atoms with Gasteiger partial charge in [0.15, 0.2) is 17.1 Å². The third kappa shape index (κ3) is 3.45. The molecule has 0 spiro atoms. The summed E-state index contributed by atoms with van der Waals surface area (Å²) in [6.45, 7) is 0. The standard InChI is InChI=1S/C18H18N4O4S/c1-21-15(23)12(16(24)22(2)18(21)27)9-20-14(17(25)26)7-10-8-19-13-6-4-3-5-11(10)13/h3-6,8-9,12,14,19H,7H2,1-2H3,(H,25,26)/t14-/m0/s1. The molecule has 1 aromatic heterocycles. The van der Waals surface area contributed by atoms with Crippen LogP contribution < -0.4 is 0 Å². The van der Waals surface area contributed by atoms with Crippen LogP contribution in [0.5, 0.6) is 0 Å². The fraction of sp³-hybridized carbons (Fsp3) is 0.278. The zero-order chi connectivity index (χ0) is 19.7. The summed E-state index contributed by atoms with van der Waals surface area (Å²) in [6, 6.07) is 6.42. The summed E-state index contributed by atoms with van der Waals surface area (Å²) in [7, 11) is 2.93. The maximum absolute atomic E-state index is 12.3. The summed E-state index contributed by atoms with van der Waals surface area (Å²) in [4.78, 5) is 45.8. The second-order valence-electron chi connectivity index (χ2n) is 6.27. The van der Waals surface area contributed by atoms with Gasteiger partial charge in [-0.3, -0.25) is 24.4 Å². The van der Waals surface area contributed by atoms with E-state index >= 15 is 0 Å². The summed E-state index contributed by atoms with van der Waals surface area (Å²) in [6.07, 6.45) is 3.00. The number of rotatable bonds is 5. The summed E-state index contributed by atoms with van der Waals surface area (Å²) >= 11 is 5.03. The van der Waals surface area contributed by atoms with E-state index in [1.165, 1.54) is 23.9 Å². The highest BCUT2D eigenvalue weighted by Crippen LogP contribution is 2.20. The molecule has 8 nitrogen and oxygen atoms in total. The number of aliphatic imine (C=N–C) groups is 1. The third-order valence-electron chi connectivity index (χ3n) is 4.56. The van der Waals surface area contributed by atoms with Crippen LogP contribution in [0.4, 0.5) is 0 Å². The lowest BCUT2D eigenvalue weighted by Crippen LogP contribution is -2.57. The number of aromatic nitrogens is 1. The van der Waals surface area contributed by atoms with Gasteiger partial charge in [0.05, 0.1) is 0 Å². The first kappa shape index (κ1) is 18.7. The predicted octanol–water partition coefficient (Wildman–Crippen LogP) is 1.07. The Kier molecular flexibility index (Phi) is 5.04. The number of carbonyl (C=O) groups excluding carboxylic acids is 2. The fourth-order valence-corrected chi connectivity index (χ4v) is 3.15. The van der Waals surface area contributed by atoms with Crippen molar-refractivity contribution >= 4 is 52.2 Å². The van der Waals surface area contributed by atoms with Crippen LogP contribution in [0.25, 0.3) is 10.9 Å². The Morgan fingerprint density at radius 3 is 2.56 bits per heavy atom. The van der Waals surface area contributed by atoms with Crippen molar-refractivity contribution in [1.82, 2.24) is 14.8 Å². The van der Waals surface area contributed by atoms with E-state index in [1.807, 2.05) is 24.3 Å². The first-order valence-electron chi connectivity index (χ1n) is 8.21. The molecule has 27 heavy (non-hydrogen) atoms. The molecule has 1 aromatic carbocycles. The summed E-state index contributed by atoms with van der Waals surface area (Å²) in [5.74, 6) is -3.37. The molecule has 1 fully saturated rings. The van der Waals surface area contributed by atoms with E-state index in [2.05, 4.69) is 9.98 Å². The quantitative estimate of drug-likeness (QED) is 0.454. The van der Waals surface area contributed by atoms with Gasteiger partial charge in [0, 0.05) is 43.8 Å². The second-order valence-corrected chi connectivity index (χ2v) is 6.64. The molecule has 0 unspecified atom stereocenters. The lowest BCUT2D eigenvalue weighted by molar-refractivity contribution is -0.142. The van der Waals surface area contributed by atoms with Crippen molar-refractivity contribution in [1.29, 1.82) is 0 Å². The van der Waals surface area contributed by atoms with Gasteiger partial charge in [-0.2, -0.15) is 0 Å². The average Bonchev–Trinajstić information content (AvgIpc) is 3.06. The highest BCUT2D eigenvalue weighted by Gasteiger charge is 2.39. The Morgan fingerprint density at radius 2 is 1.93 bits per heavy atom. The number of amides is 2. The molecule has 140 valence electrons. The van der Waals surface area contributed by atoms with Gasteiger partial charge in [-0.15, -0.1) is 0 Å². The topological polar surface area (TPSA) is 106 Å². The maximum atomic E-state index is 12.3. The zero-order valence-electron chi connectivity index (χ0n) is 14.7. The molecule has 0 radical (unpaired) electrons. The molecule has 1 atom stereocenters. The number of nitrogens with one attached hydrogen (secondary N) is 1. The van der Waals surface area contributed by atoms with Gasteiger partial charge in [-0.1, -0.05) is 18.2 Å². The van der Waals surface area contributed by atoms with Gasteiger partial charge in [0.2, 0.25) is 11.8 Å². The normalized spacial score (nSPS) is 17.3. The molecule has 0 bridgehead atoms. The Bertz CT molecular complexity index is 943. The van der Waals surface area contributed by atoms with Gasteiger partial charge >= 0.3 is 5.97 Å². The van der Waals surface area contributed by atoms with Crippen molar-refractivity contribution in [3.8, 4) is 0 Å². The van der Waals surface area contributed by atoms with E-state index in [0.717, 1.165) is 22.7 Å². The van der Waals surface area contributed by atoms with Gasteiger partial charge < -0.3 is 10.1 Å². The third-order valence-corrected chi connectivity index (χ3v) is 5.10. The van der Waals surface area contributed by atoms with Crippen molar-refractivity contribution in [2.24, 2.45) is 10.9 Å². The minimum Gasteiger partial charge on any atom is -0.480 e. The molecular formula is C18H18N4O4S. The lowest BCUT2D eigenvalue weighted by atomic mass is 10.0. The minimum absolute atomic E-state index is 0.100. The van der Waals surface area contributed by atoms with Crippen molar-refractivity contribution in [3.05, 3.63) is 36.0 Å². The Hall–Kier alpha value is -3.07. The molecule has 2 amide bonds. The smallest absolute Gasteiger partial charge is 0.328 e. The number of aliphatic carboxylic acids is 1. The van der Waals surface area contributed by atoms with E-state index < -0.39 is 29.7 Å². The monoisotopic (exact) mass is 386 g/mol. The number of carboxylic acid groups (broad SMARTS) is 1. The highest BCUT2D eigenvalue weighted by molar-refractivity contribution is 7.80. The predicted molar refractivity (Wildman–Crippen MR) is 104 cm³/mol. The minimum atomic E-state index is -1.18. The Labute approximate surface area is 160 Å². The molecule has 1 saturated heterocycles. The molecular weight excluding hydrogens is 368 g/mol. The van der Waals surface area contributed by atoms with Gasteiger partial charge in [-0.25, -0.2) is 4.79 Å². The molecule has 2 heterocycles. The molecule has 1 aliphatic rings. The zero-order valence-corrected chi connectivity index (χ0v) is 15.6. The number of H-pyrrole nitrogens is 1. The van der Waals surface area contributed by atoms with Crippen LogP contribution >= 0.6 is 12.2 Å². The maximum Gasteiger partial charge on any atom is 0.328 e. The largest absolute Gasteiger partial charge is 0.480 e. The summed E-state index contributed by atoms with van der Waals surface area (Å²) < 4.78 is 0. The molecule has 2 aromatic rings. The number of thiocarbonyl (C=S) groups is 1. The SMILES string of the molecule is CN1C(=O)C(C=N[C@@H](Cc2c[nH]c3ccccc23)C(=O)O)C(=O)N(C)C1=S. The van der Waals surface area contributed by atoms with Crippen LogP contribution in [0.15, 0.2) is 35.5 Å². The van der Waals surface area contributed by atoms with Crippen LogP contribution in [-0.2, 0) is 20.8 Å². The van der Waals surface area contributed by atoms with Crippen molar-refractivity contribution < 1.29 is 19.5 Å². The first-order valence-corrected chi connectivity index (χ1v) is 8.62. The van der Waals surface area contributed by atoms with Crippen LogP contribution in [0.3, 0.4) is 0 Å². The molecule has 0 aliphatic carbocycles. The van der Waals surface area contributed by atoms with Crippen molar-refractivity contribution in [3.63, 3.8) is 0 Å². The Balaban J connectivity index is 1.84. The van der Waals surface area contributed by atoms with Crippen molar-refractivity contribution in [2.75, 3.05) is 14.1 Å². The number of hydrogen-bond acceptors (Lipinski definition) is 5. The molecule has 9 heteroatoms. The number of carbonyl (C=O) groups is 3. The van der Waals surface area contributed by atoms with E-state index in [9.17, 15) is 19.5 Å². The Morgan fingerprint density at radius 1 is 1.30 bits per heavy atom. The number of fused-ring (bicyclic) bond motifs is 1. The average molecular weight is 386 g/mol. The number of nitrogens with zero attached hydrogens (tertiary/aromatic N) is 3. The summed E-state index contributed by atoms with van der Waals surface area (Å²) in [5, 5.41) is 10.5. The van der Waals surface area contributed by atoms with Gasteiger partial charge in [0.1, 0.15) is 0 Å². The molecule has 0 saturated carbocycles. The number of aromatic amines is 1. The second kappa shape index (κ2) is 7.28. The number of benzene rings is 1. The van der Waals surface area contributed by atoms with E-state index in [4.69, 9.17) is 12.2 Å². The lowest BCUT2D eigenvalue weighted by Gasteiger charge is -2.33. The number of hydrogen-bond donors (Lipinski definition) is 2.